The van der Waals surface area contributed by atoms with Gasteiger partial charge in [-0.15, -0.1) is 0 Å². The zero-order valence-electron chi connectivity index (χ0n) is 8.88. The van der Waals surface area contributed by atoms with E-state index in [-0.39, 0.29) is 11.9 Å². The van der Waals surface area contributed by atoms with Crippen molar-refractivity contribution in [3.8, 4) is 0 Å². The zero-order valence-corrected chi connectivity index (χ0v) is 10.5. The number of nitrogens with one attached hydrogen (secondary N) is 1. The average Bonchev–Trinajstić information content (AvgIpc) is 2.68. The smallest absolute Gasteiger partial charge is 0.220 e. The van der Waals surface area contributed by atoms with E-state index in [1.165, 1.54) is 0 Å². The molecule has 0 aliphatic carbocycles. The van der Waals surface area contributed by atoms with Gasteiger partial charge in [-0.2, -0.15) is 5.10 Å². The zero-order chi connectivity index (χ0) is 11.0. The van der Waals surface area contributed by atoms with Crippen molar-refractivity contribution in [1.29, 1.82) is 0 Å². The maximum absolute atomic E-state index is 11.1. The quantitative estimate of drug-likeness (QED) is 0.887. The highest BCUT2D eigenvalue weighted by molar-refractivity contribution is 9.10. The Kier molecular flexibility index (Phi) is 2.82. The number of carbonyl (C=O) groups is 1. The Morgan fingerprint density at radius 1 is 1.60 bits per heavy atom. The van der Waals surface area contributed by atoms with Crippen molar-refractivity contribution in [1.82, 2.24) is 15.1 Å². The average molecular weight is 272 g/mol. The normalized spacial score (nSPS) is 20.7. The summed E-state index contributed by atoms with van der Waals surface area (Å²) >= 11 is 3.49. The Morgan fingerprint density at radius 3 is 2.80 bits per heavy atom. The molecule has 0 aromatic carbocycles. The number of carbonyl (C=O) groups excluding carboxylic acids is 1. The van der Waals surface area contributed by atoms with Crippen LogP contribution in [0, 0.1) is 13.8 Å². The van der Waals surface area contributed by atoms with E-state index < -0.39 is 0 Å². The van der Waals surface area contributed by atoms with Crippen LogP contribution in [0.2, 0.25) is 0 Å². The second-order valence-electron chi connectivity index (χ2n) is 3.97. The minimum atomic E-state index is 0.153. The molecule has 0 unspecified atom stereocenters. The third-order valence-electron chi connectivity index (χ3n) is 2.77. The largest absolute Gasteiger partial charge is 0.351 e. The number of halogens is 1. The second-order valence-corrected chi connectivity index (χ2v) is 4.76. The molecule has 1 aliphatic heterocycles. The van der Waals surface area contributed by atoms with Crippen LogP contribution in [-0.4, -0.2) is 21.7 Å². The van der Waals surface area contributed by atoms with E-state index in [9.17, 15) is 4.79 Å². The molecule has 1 N–H and O–H groups in total. The number of rotatable bonds is 2. The van der Waals surface area contributed by atoms with Crippen LogP contribution in [0.15, 0.2) is 4.47 Å². The number of aryl methyl sites for hydroxylation is 1. The van der Waals surface area contributed by atoms with E-state index in [1.807, 2.05) is 18.5 Å². The minimum absolute atomic E-state index is 0.153. The Labute approximate surface area is 97.2 Å². The van der Waals surface area contributed by atoms with Crippen LogP contribution in [0.1, 0.15) is 24.2 Å². The summed E-state index contributed by atoms with van der Waals surface area (Å²) in [6.07, 6.45) is 1.56. The summed E-state index contributed by atoms with van der Waals surface area (Å²) in [5.41, 5.74) is 2.12. The van der Waals surface area contributed by atoms with Crippen molar-refractivity contribution >= 4 is 21.8 Å². The van der Waals surface area contributed by atoms with Crippen LogP contribution in [0.3, 0.4) is 0 Å². The molecule has 0 radical (unpaired) electrons. The lowest BCUT2D eigenvalue weighted by Crippen LogP contribution is -2.30. The maximum Gasteiger partial charge on any atom is 0.220 e. The first kappa shape index (κ1) is 10.7. The molecule has 4 nitrogen and oxygen atoms in total. The summed E-state index contributed by atoms with van der Waals surface area (Å²) < 4.78 is 3.02. The highest BCUT2D eigenvalue weighted by atomic mass is 79.9. The van der Waals surface area contributed by atoms with Crippen molar-refractivity contribution in [2.75, 3.05) is 0 Å². The van der Waals surface area contributed by atoms with Gasteiger partial charge in [-0.3, -0.25) is 9.48 Å². The summed E-state index contributed by atoms with van der Waals surface area (Å²) in [4.78, 5) is 11.1. The summed E-state index contributed by atoms with van der Waals surface area (Å²) in [6, 6.07) is 0.238. The summed E-state index contributed by atoms with van der Waals surface area (Å²) in [5.74, 6) is 0.153. The van der Waals surface area contributed by atoms with Crippen LogP contribution in [0.4, 0.5) is 0 Å². The molecule has 0 spiro atoms. The molecule has 1 fully saturated rings. The first-order valence-electron chi connectivity index (χ1n) is 5.07. The van der Waals surface area contributed by atoms with Crippen LogP contribution in [0.25, 0.3) is 0 Å². The minimum Gasteiger partial charge on any atom is -0.351 e. The van der Waals surface area contributed by atoms with Crippen LogP contribution >= 0.6 is 15.9 Å². The molecular weight excluding hydrogens is 258 g/mol. The summed E-state index contributed by atoms with van der Waals surface area (Å²) in [7, 11) is 0. The monoisotopic (exact) mass is 271 g/mol. The third-order valence-corrected chi connectivity index (χ3v) is 3.92. The highest BCUT2D eigenvalue weighted by Crippen LogP contribution is 2.20. The highest BCUT2D eigenvalue weighted by Gasteiger charge is 2.22. The van der Waals surface area contributed by atoms with E-state index in [2.05, 4.69) is 26.3 Å². The molecule has 82 valence electrons. The topological polar surface area (TPSA) is 46.9 Å². The van der Waals surface area contributed by atoms with Gasteiger partial charge in [0, 0.05) is 18.2 Å². The van der Waals surface area contributed by atoms with Crippen molar-refractivity contribution in [3.05, 3.63) is 15.9 Å². The van der Waals surface area contributed by atoms with Crippen molar-refractivity contribution in [3.63, 3.8) is 0 Å². The molecule has 0 bridgehead atoms. The lowest BCUT2D eigenvalue weighted by Gasteiger charge is -2.11. The number of aromatic nitrogens is 2. The molecular formula is C10H14BrN3O. The molecule has 1 aromatic rings. The number of hydrogen-bond acceptors (Lipinski definition) is 2. The van der Waals surface area contributed by atoms with Gasteiger partial charge in [0.25, 0.3) is 0 Å². The molecule has 1 aromatic heterocycles. The molecule has 1 aliphatic rings. The molecule has 15 heavy (non-hydrogen) atoms. The fourth-order valence-electron chi connectivity index (χ4n) is 1.88. The Bertz CT molecular complexity index is 400. The van der Waals surface area contributed by atoms with Gasteiger partial charge >= 0.3 is 0 Å². The van der Waals surface area contributed by atoms with Gasteiger partial charge in [-0.1, -0.05) is 0 Å². The molecule has 2 heterocycles. The molecule has 0 saturated carbocycles. The first-order chi connectivity index (χ1) is 7.08. The van der Waals surface area contributed by atoms with Crippen molar-refractivity contribution < 1.29 is 4.79 Å². The number of nitrogens with zero attached hydrogens (tertiary/aromatic N) is 2. The Hall–Kier alpha value is -0.840. The second kappa shape index (κ2) is 3.96. The van der Waals surface area contributed by atoms with Gasteiger partial charge in [0.2, 0.25) is 5.91 Å². The maximum atomic E-state index is 11.1. The standard InChI is InChI=1S/C10H14BrN3O/c1-6-10(11)7(2)14(13-6)5-8-3-4-9(15)12-8/h8H,3-5H2,1-2H3,(H,12,15)/t8-/m0/s1. The van der Waals surface area contributed by atoms with E-state index in [1.54, 1.807) is 0 Å². The van der Waals surface area contributed by atoms with E-state index in [0.717, 1.165) is 28.8 Å². The van der Waals surface area contributed by atoms with Crippen LogP contribution < -0.4 is 5.32 Å². The number of amides is 1. The van der Waals surface area contributed by atoms with E-state index in [0.29, 0.717) is 6.42 Å². The van der Waals surface area contributed by atoms with Gasteiger partial charge < -0.3 is 5.32 Å². The molecule has 1 atom stereocenters. The fourth-order valence-corrected chi connectivity index (χ4v) is 2.16. The van der Waals surface area contributed by atoms with Gasteiger partial charge in [0.05, 0.1) is 16.7 Å². The molecule has 1 saturated heterocycles. The predicted octanol–water partition coefficient (Wildman–Crippen LogP) is 1.54. The lowest BCUT2D eigenvalue weighted by molar-refractivity contribution is -0.119. The third kappa shape index (κ3) is 2.07. The van der Waals surface area contributed by atoms with E-state index >= 15 is 0 Å². The predicted molar refractivity (Wildman–Crippen MR) is 60.6 cm³/mol. The van der Waals surface area contributed by atoms with Gasteiger partial charge in [-0.05, 0) is 36.2 Å². The van der Waals surface area contributed by atoms with Crippen molar-refractivity contribution in [2.45, 2.75) is 39.3 Å². The van der Waals surface area contributed by atoms with Gasteiger partial charge in [0.1, 0.15) is 0 Å². The first-order valence-corrected chi connectivity index (χ1v) is 5.86. The number of hydrogen-bond donors (Lipinski definition) is 1. The summed E-state index contributed by atoms with van der Waals surface area (Å²) in [6.45, 7) is 4.77. The molecule has 1 amide bonds. The van der Waals surface area contributed by atoms with E-state index in [4.69, 9.17) is 0 Å². The Morgan fingerprint density at radius 2 is 2.33 bits per heavy atom. The lowest BCUT2D eigenvalue weighted by atomic mass is 10.2. The van der Waals surface area contributed by atoms with Gasteiger partial charge in [-0.25, -0.2) is 0 Å². The summed E-state index contributed by atoms with van der Waals surface area (Å²) in [5, 5.41) is 7.36. The van der Waals surface area contributed by atoms with Crippen molar-refractivity contribution in [2.24, 2.45) is 0 Å². The SMILES string of the molecule is Cc1nn(C[C@@H]2CCC(=O)N2)c(C)c1Br. The molecule has 5 heteroatoms. The fraction of sp³-hybridized carbons (Fsp3) is 0.600. The van der Waals surface area contributed by atoms with Crippen LogP contribution in [-0.2, 0) is 11.3 Å². The van der Waals surface area contributed by atoms with Gasteiger partial charge in [0.15, 0.2) is 0 Å². The molecule has 2 rings (SSSR count). The Balaban J connectivity index is 2.11. The van der Waals surface area contributed by atoms with Crippen LogP contribution in [0.5, 0.6) is 0 Å².